The predicted octanol–water partition coefficient (Wildman–Crippen LogP) is 2.11. The third-order valence-corrected chi connectivity index (χ3v) is 5.63. The third-order valence-electron chi connectivity index (χ3n) is 3.81. The number of ether oxygens (including phenoxy) is 1. The first-order valence-electron chi connectivity index (χ1n) is 8.07. The summed E-state index contributed by atoms with van der Waals surface area (Å²) in [6.45, 7) is 0.657. The fourth-order valence-corrected chi connectivity index (χ4v) is 3.87. The molecule has 3 rings (SSSR count). The topological polar surface area (TPSA) is 111 Å². The molecule has 0 radical (unpaired) electrons. The molecule has 1 aliphatic heterocycles. The molecule has 1 saturated heterocycles. The first-order chi connectivity index (χ1) is 12.0. The van der Waals surface area contributed by atoms with Gasteiger partial charge in [-0.3, -0.25) is 10.1 Å². The Morgan fingerprint density at radius 3 is 2.76 bits per heavy atom. The highest BCUT2D eigenvalue weighted by molar-refractivity contribution is 7.91. The molecule has 8 nitrogen and oxygen atoms in total. The van der Waals surface area contributed by atoms with Crippen LogP contribution in [0.25, 0.3) is 0 Å². The van der Waals surface area contributed by atoms with Crippen molar-refractivity contribution < 1.29 is 22.4 Å². The number of anilines is 1. The Balaban J connectivity index is 1.47. The number of hydrogen-bond acceptors (Lipinski definition) is 7. The molecule has 2 aromatic rings. The van der Waals surface area contributed by atoms with Crippen molar-refractivity contribution in [3.8, 4) is 0 Å². The molecule has 0 saturated carbocycles. The maximum atomic E-state index is 12.1. The average Bonchev–Trinajstić information content (AvgIpc) is 3.27. The summed E-state index contributed by atoms with van der Waals surface area (Å²) in [6.07, 6.45) is 1.78. The van der Waals surface area contributed by atoms with Crippen LogP contribution < -0.4 is 5.32 Å². The lowest BCUT2D eigenvalue weighted by Gasteiger charge is -2.04. The molecule has 1 unspecified atom stereocenters. The largest absolute Gasteiger partial charge is 0.405 e. The summed E-state index contributed by atoms with van der Waals surface area (Å²) >= 11 is 0. The number of rotatable bonds is 7. The van der Waals surface area contributed by atoms with Crippen LogP contribution >= 0.6 is 0 Å². The van der Waals surface area contributed by atoms with E-state index in [-0.39, 0.29) is 41.5 Å². The Morgan fingerprint density at radius 1 is 1.24 bits per heavy atom. The van der Waals surface area contributed by atoms with E-state index in [0.29, 0.717) is 12.5 Å². The van der Waals surface area contributed by atoms with E-state index in [4.69, 9.17) is 9.15 Å². The van der Waals surface area contributed by atoms with Crippen LogP contribution in [0.2, 0.25) is 0 Å². The van der Waals surface area contributed by atoms with E-state index in [2.05, 4.69) is 15.5 Å². The van der Waals surface area contributed by atoms with Gasteiger partial charge in [0.05, 0.1) is 10.6 Å². The molecule has 1 aliphatic rings. The number of hydrogen-bond donors (Lipinski definition) is 1. The summed E-state index contributed by atoms with van der Waals surface area (Å²) in [4.78, 5) is 12.2. The van der Waals surface area contributed by atoms with E-state index < -0.39 is 9.84 Å². The molecule has 0 bridgehead atoms. The summed E-state index contributed by atoms with van der Waals surface area (Å²) in [7, 11) is -3.38. The van der Waals surface area contributed by atoms with Crippen molar-refractivity contribution in [3.63, 3.8) is 0 Å². The molecule has 1 amide bonds. The van der Waals surface area contributed by atoms with Gasteiger partial charge in [0, 0.05) is 13.0 Å². The number of nitrogens with one attached hydrogen (secondary N) is 1. The van der Waals surface area contributed by atoms with Gasteiger partial charge in [0.25, 0.3) is 0 Å². The number of sulfone groups is 1. The second-order valence-corrected chi connectivity index (χ2v) is 7.84. The van der Waals surface area contributed by atoms with E-state index in [9.17, 15) is 13.2 Å². The lowest BCUT2D eigenvalue weighted by atomic mass is 10.2. The van der Waals surface area contributed by atoms with Gasteiger partial charge < -0.3 is 9.15 Å². The monoisotopic (exact) mass is 365 g/mol. The zero-order chi connectivity index (χ0) is 17.7. The molecule has 1 fully saturated rings. The molecule has 9 heteroatoms. The maximum Gasteiger partial charge on any atom is 0.322 e. The van der Waals surface area contributed by atoms with Crippen molar-refractivity contribution in [3.05, 3.63) is 36.2 Å². The zero-order valence-corrected chi connectivity index (χ0v) is 14.4. The summed E-state index contributed by atoms with van der Waals surface area (Å²) in [5.41, 5.74) is 0. The van der Waals surface area contributed by atoms with Gasteiger partial charge in [-0.1, -0.05) is 23.3 Å². The lowest BCUT2D eigenvalue weighted by molar-refractivity contribution is -0.116. The molecular weight excluding hydrogens is 346 g/mol. The molecule has 1 aromatic heterocycles. The number of carbonyl (C=O) groups excluding carboxylic acids is 1. The standard InChI is InChI=1S/C16H19N3O5S/c20-14(9-5-11-25(21,22)12-6-2-1-3-7-12)17-16-19-18-15(24-16)13-8-4-10-23-13/h1-3,6-7,13H,4-5,8-11H2,(H,17,19,20). The summed E-state index contributed by atoms with van der Waals surface area (Å²) < 4.78 is 35.1. The Kier molecular flexibility index (Phi) is 5.44. The van der Waals surface area contributed by atoms with Gasteiger partial charge in [0.2, 0.25) is 11.8 Å². The summed E-state index contributed by atoms with van der Waals surface area (Å²) in [5, 5.41) is 10.1. The van der Waals surface area contributed by atoms with E-state index in [1.54, 1.807) is 30.3 Å². The maximum absolute atomic E-state index is 12.1. The number of benzene rings is 1. The average molecular weight is 365 g/mol. The predicted molar refractivity (Wildman–Crippen MR) is 88.6 cm³/mol. The minimum absolute atomic E-state index is 0.00131. The molecule has 0 spiro atoms. The SMILES string of the molecule is O=C(CCCS(=O)(=O)c1ccccc1)Nc1nnc(C2CCCO2)o1. The molecule has 25 heavy (non-hydrogen) atoms. The molecule has 1 N–H and O–H groups in total. The van der Waals surface area contributed by atoms with Crippen molar-refractivity contribution in [2.45, 2.75) is 36.7 Å². The van der Waals surface area contributed by atoms with Gasteiger partial charge in [-0.2, -0.15) is 0 Å². The number of nitrogens with zero attached hydrogens (tertiary/aromatic N) is 2. The van der Waals surface area contributed by atoms with Crippen LogP contribution in [0.1, 0.15) is 37.7 Å². The van der Waals surface area contributed by atoms with Gasteiger partial charge >= 0.3 is 6.01 Å². The van der Waals surface area contributed by atoms with Crippen LogP contribution in [-0.4, -0.2) is 36.9 Å². The highest BCUT2D eigenvalue weighted by Crippen LogP contribution is 2.28. The van der Waals surface area contributed by atoms with Gasteiger partial charge in [-0.15, -0.1) is 5.10 Å². The Labute approximate surface area is 145 Å². The number of amides is 1. The summed E-state index contributed by atoms with van der Waals surface area (Å²) in [6, 6.07) is 8.17. The van der Waals surface area contributed by atoms with Crippen LogP contribution in [0.15, 0.2) is 39.6 Å². The first-order valence-corrected chi connectivity index (χ1v) is 9.72. The van der Waals surface area contributed by atoms with Gasteiger partial charge in [0.1, 0.15) is 6.10 Å². The Bertz CT molecular complexity index is 813. The van der Waals surface area contributed by atoms with Gasteiger partial charge in [0.15, 0.2) is 9.84 Å². The minimum atomic E-state index is -3.38. The van der Waals surface area contributed by atoms with E-state index in [0.717, 1.165) is 12.8 Å². The van der Waals surface area contributed by atoms with Gasteiger partial charge in [-0.25, -0.2) is 8.42 Å². The second-order valence-electron chi connectivity index (χ2n) is 5.73. The minimum Gasteiger partial charge on any atom is -0.405 e. The number of aromatic nitrogens is 2. The smallest absolute Gasteiger partial charge is 0.322 e. The molecule has 1 atom stereocenters. The van der Waals surface area contributed by atoms with Crippen molar-refractivity contribution >= 4 is 21.8 Å². The van der Waals surface area contributed by atoms with Crippen LogP contribution in [0.5, 0.6) is 0 Å². The molecule has 1 aromatic carbocycles. The second kappa shape index (κ2) is 7.75. The van der Waals surface area contributed by atoms with Crippen molar-refractivity contribution in [1.82, 2.24) is 10.2 Å². The first kappa shape index (κ1) is 17.6. The lowest BCUT2D eigenvalue weighted by Crippen LogP contribution is -2.14. The highest BCUT2D eigenvalue weighted by atomic mass is 32.2. The Hall–Kier alpha value is -2.26. The van der Waals surface area contributed by atoms with Crippen molar-refractivity contribution in [2.24, 2.45) is 0 Å². The van der Waals surface area contributed by atoms with Crippen LogP contribution in [0.4, 0.5) is 6.01 Å². The summed E-state index contributed by atoms with van der Waals surface area (Å²) in [5.74, 6) is -0.125. The molecule has 134 valence electrons. The molecule has 2 heterocycles. The molecular formula is C16H19N3O5S. The quantitative estimate of drug-likeness (QED) is 0.800. The Morgan fingerprint density at radius 2 is 2.04 bits per heavy atom. The van der Waals surface area contributed by atoms with Gasteiger partial charge in [-0.05, 0) is 31.4 Å². The van der Waals surface area contributed by atoms with E-state index >= 15 is 0 Å². The van der Waals surface area contributed by atoms with Crippen molar-refractivity contribution in [1.29, 1.82) is 0 Å². The number of carbonyl (C=O) groups is 1. The van der Waals surface area contributed by atoms with Crippen LogP contribution in [0.3, 0.4) is 0 Å². The van der Waals surface area contributed by atoms with E-state index in [1.807, 2.05) is 0 Å². The van der Waals surface area contributed by atoms with Crippen LogP contribution in [0, 0.1) is 0 Å². The third kappa shape index (κ3) is 4.64. The van der Waals surface area contributed by atoms with Crippen molar-refractivity contribution in [2.75, 3.05) is 17.7 Å². The zero-order valence-electron chi connectivity index (χ0n) is 13.6. The normalized spacial score (nSPS) is 17.5. The fourth-order valence-electron chi connectivity index (χ4n) is 2.54. The van der Waals surface area contributed by atoms with E-state index in [1.165, 1.54) is 0 Å². The molecule has 0 aliphatic carbocycles. The fraction of sp³-hybridized carbons (Fsp3) is 0.438. The highest BCUT2D eigenvalue weighted by Gasteiger charge is 2.24. The van der Waals surface area contributed by atoms with Crippen LogP contribution in [-0.2, 0) is 19.4 Å².